The van der Waals surface area contributed by atoms with Crippen LogP contribution in [0, 0.1) is 0 Å². The van der Waals surface area contributed by atoms with E-state index in [9.17, 15) is 9.59 Å². The third-order valence-corrected chi connectivity index (χ3v) is 3.15. The Morgan fingerprint density at radius 1 is 0.677 bits per heavy atom. The second kappa shape index (κ2) is 36.1. The molecule has 0 aromatic heterocycles. The number of unbranched alkanes of at least 4 members (excludes halogenated alkanes) is 5. The zero-order valence-electron chi connectivity index (χ0n) is 18.7. The number of aliphatic hydroxyl groups excluding tert-OH is 5. The second-order valence-electron chi connectivity index (χ2n) is 6.18. The van der Waals surface area contributed by atoms with Gasteiger partial charge < -0.3 is 45.6 Å². The van der Waals surface area contributed by atoms with Crippen molar-refractivity contribution in [2.75, 3.05) is 39.6 Å². The molecule has 0 aromatic rings. The zero-order valence-corrected chi connectivity index (χ0v) is 18.7. The molecule has 0 fully saturated rings. The summed E-state index contributed by atoms with van der Waals surface area (Å²) in [6.07, 6.45) is 6.04. The summed E-state index contributed by atoms with van der Waals surface area (Å²) in [5, 5.41) is 64.3. The highest BCUT2D eigenvalue weighted by molar-refractivity contribution is 5.66. The molecule has 0 spiro atoms. The van der Waals surface area contributed by atoms with Gasteiger partial charge in [0.25, 0.3) is 0 Å². The van der Waals surface area contributed by atoms with Crippen LogP contribution < -0.4 is 0 Å². The number of rotatable bonds is 16. The molecular formula is C20H44O11. The van der Waals surface area contributed by atoms with E-state index in [0.717, 1.165) is 44.9 Å². The number of hydrogen-bond acceptors (Lipinski definition) is 9. The van der Waals surface area contributed by atoms with E-state index in [1.54, 1.807) is 0 Å². The minimum absolute atomic E-state index is 0.0278. The van der Waals surface area contributed by atoms with Crippen molar-refractivity contribution < 1.29 is 55.2 Å². The van der Waals surface area contributed by atoms with Gasteiger partial charge >= 0.3 is 11.9 Å². The first-order valence-corrected chi connectivity index (χ1v) is 10.5. The van der Waals surface area contributed by atoms with Gasteiger partial charge in [-0.2, -0.15) is 0 Å². The maximum atomic E-state index is 10.1. The van der Waals surface area contributed by atoms with Crippen LogP contribution in [0.4, 0.5) is 0 Å². The zero-order chi connectivity index (χ0) is 24.8. The molecule has 31 heavy (non-hydrogen) atoms. The largest absolute Gasteiger partial charge is 0.481 e. The molecule has 8 N–H and O–H groups in total. The number of aliphatic carboxylic acids is 2. The summed E-state index contributed by atoms with van der Waals surface area (Å²) in [4.78, 5) is 20.3. The molecule has 0 heterocycles. The van der Waals surface area contributed by atoms with Crippen LogP contribution in [0.25, 0.3) is 0 Å². The summed E-state index contributed by atoms with van der Waals surface area (Å²) in [6.45, 7) is 2.35. The van der Waals surface area contributed by atoms with Crippen molar-refractivity contribution in [3.63, 3.8) is 0 Å². The lowest BCUT2D eigenvalue weighted by atomic mass is 10.1. The van der Waals surface area contributed by atoms with Crippen molar-refractivity contribution in [3.8, 4) is 0 Å². The maximum Gasteiger partial charge on any atom is 0.303 e. The summed E-state index contributed by atoms with van der Waals surface area (Å²) >= 11 is 0. The number of carboxylic acids is 2. The average molecular weight is 461 g/mol. The first-order chi connectivity index (χ1) is 14.7. The van der Waals surface area contributed by atoms with Gasteiger partial charge in [-0.1, -0.05) is 39.0 Å². The Labute approximate surface area is 184 Å². The summed E-state index contributed by atoms with van der Waals surface area (Å²) in [6, 6.07) is 0. The second-order valence-corrected chi connectivity index (χ2v) is 6.18. The molecule has 11 heteroatoms. The van der Waals surface area contributed by atoms with Crippen LogP contribution in [0.5, 0.6) is 0 Å². The summed E-state index contributed by atoms with van der Waals surface area (Å²) < 4.78 is 4.63. The molecule has 0 unspecified atom stereocenters. The minimum atomic E-state index is -1.10. The van der Waals surface area contributed by atoms with E-state index in [4.69, 9.17) is 40.9 Å². The summed E-state index contributed by atoms with van der Waals surface area (Å²) in [7, 11) is 0. The Bertz CT molecular complexity index is 313. The summed E-state index contributed by atoms with van der Waals surface area (Å²) in [5.74, 6) is -1.48. The van der Waals surface area contributed by atoms with Crippen LogP contribution in [-0.2, 0) is 14.3 Å². The Balaban J connectivity index is -0.000000179. The highest BCUT2D eigenvalue weighted by Crippen LogP contribution is 2.08. The highest BCUT2D eigenvalue weighted by atomic mass is 16.5. The molecular weight excluding hydrogens is 416 g/mol. The monoisotopic (exact) mass is 460 g/mol. The average Bonchev–Trinajstić information content (AvgIpc) is 2.71. The molecule has 0 aliphatic rings. The molecule has 0 aliphatic heterocycles. The van der Waals surface area contributed by atoms with E-state index in [-0.39, 0.29) is 39.3 Å². The van der Waals surface area contributed by atoms with Crippen LogP contribution >= 0.6 is 0 Å². The van der Waals surface area contributed by atoms with E-state index in [0.29, 0.717) is 19.6 Å². The topological polar surface area (TPSA) is 205 Å². The van der Waals surface area contributed by atoms with Gasteiger partial charge in [0, 0.05) is 12.8 Å². The Morgan fingerprint density at radius 2 is 1.03 bits per heavy atom. The minimum Gasteiger partial charge on any atom is -0.481 e. The van der Waals surface area contributed by atoms with Crippen molar-refractivity contribution in [2.24, 2.45) is 0 Å². The van der Waals surface area contributed by atoms with E-state index < -0.39 is 18.2 Å². The first-order valence-electron chi connectivity index (χ1n) is 10.5. The predicted molar refractivity (Wildman–Crippen MR) is 115 cm³/mol. The molecule has 0 bridgehead atoms. The lowest BCUT2D eigenvalue weighted by Crippen LogP contribution is -2.03. The fourth-order valence-corrected chi connectivity index (χ4v) is 1.75. The highest BCUT2D eigenvalue weighted by Gasteiger charge is 1.98. The Hall–Kier alpha value is -1.34. The van der Waals surface area contributed by atoms with Crippen molar-refractivity contribution in [1.29, 1.82) is 0 Å². The molecule has 0 aliphatic carbocycles. The van der Waals surface area contributed by atoms with Gasteiger partial charge in [-0.05, 0) is 19.3 Å². The maximum absolute atomic E-state index is 10.1. The SMILES string of the molecule is CCCC(O)O.O=C(O)CCCCCCCCC(=O)O.OCCO.OCCOCCO. The molecule has 0 atom stereocenters. The van der Waals surface area contributed by atoms with Gasteiger partial charge in [-0.3, -0.25) is 9.59 Å². The number of carbonyl (C=O) groups is 2. The van der Waals surface area contributed by atoms with Gasteiger partial charge in [0.2, 0.25) is 0 Å². The van der Waals surface area contributed by atoms with Gasteiger partial charge in [-0.15, -0.1) is 0 Å². The van der Waals surface area contributed by atoms with Gasteiger partial charge in [0.05, 0.1) is 39.6 Å². The van der Waals surface area contributed by atoms with Gasteiger partial charge in [0.1, 0.15) is 0 Å². The molecule has 0 radical (unpaired) electrons. The van der Waals surface area contributed by atoms with Crippen LogP contribution in [-0.4, -0.2) is 98.7 Å². The fourth-order valence-electron chi connectivity index (χ4n) is 1.75. The lowest BCUT2D eigenvalue weighted by molar-refractivity contribution is -0.138. The normalized spacial score (nSPS) is 9.55. The number of hydrogen-bond donors (Lipinski definition) is 8. The Kier molecular flexibility index (Phi) is 43.0. The molecule has 0 aromatic carbocycles. The first kappa shape index (κ1) is 37.0. The van der Waals surface area contributed by atoms with E-state index >= 15 is 0 Å². The van der Waals surface area contributed by atoms with Crippen LogP contribution in [0.2, 0.25) is 0 Å². The van der Waals surface area contributed by atoms with E-state index in [1.165, 1.54) is 0 Å². The van der Waals surface area contributed by atoms with E-state index in [1.807, 2.05) is 6.92 Å². The number of carboxylic acid groups (broad SMARTS) is 2. The van der Waals surface area contributed by atoms with Crippen molar-refractivity contribution in [1.82, 2.24) is 0 Å². The predicted octanol–water partition coefficient (Wildman–Crippen LogP) is 0.332. The third-order valence-electron chi connectivity index (χ3n) is 3.15. The number of ether oxygens (including phenoxy) is 1. The van der Waals surface area contributed by atoms with Gasteiger partial charge in [-0.25, -0.2) is 0 Å². The standard InChI is InChI=1S/C10H18O4.C4H10O3.C4H10O2.C2H6O2/c11-9(12)7-5-3-1-2-4-6-8-10(13)14;5-1-3-7-4-2-6;1-2-3-4(5)6;3-1-2-4/h1-8H2,(H,11,12)(H,13,14);5-6H,1-4H2;4-6H,2-3H2,1H3;3-4H,1-2H2. The fraction of sp³-hybridized carbons (Fsp3) is 0.900. The van der Waals surface area contributed by atoms with Gasteiger partial charge in [0.15, 0.2) is 6.29 Å². The van der Waals surface area contributed by atoms with Crippen LogP contribution in [0.15, 0.2) is 0 Å². The number of aliphatic hydroxyl groups is 6. The van der Waals surface area contributed by atoms with Crippen molar-refractivity contribution in [2.45, 2.75) is 77.4 Å². The molecule has 0 saturated carbocycles. The quantitative estimate of drug-likeness (QED) is 0.116. The lowest BCUT2D eigenvalue weighted by Gasteiger charge is -1.98. The van der Waals surface area contributed by atoms with E-state index in [2.05, 4.69) is 4.74 Å². The molecule has 0 rings (SSSR count). The van der Waals surface area contributed by atoms with Crippen LogP contribution in [0.3, 0.4) is 0 Å². The molecule has 0 saturated heterocycles. The smallest absolute Gasteiger partial charge is 0.303 e. The van der Waals surface area contributed by atoms with Crippen molar-refractivity contribution >= 4 is 11.9 Å². The van der Waals surface area contributed by atoms with Crippen LogP contribution in [0.1, 0.15) is 71.1 Å². The molecule has 190 valence electrons. The molecule has 0 amide bonds. The molecule has 11 nitrogen and oxygen atoms in total. The Morgan fingerprint density at radius 3 is 1.23 bits per heavy atom. The summed E-state index contributed by atoms with van der Waals surface area (Å²) in [5.41, 5.74) is 0. The third kappa shape index (κ3) is 65.3. The van der Waals surface area contributed by atoms with Crippen molar-refractivity contribution in [3.05, 3.63) is 0 Å².